The first kappa shape index (κ1) is 18.5. The molecule has 6 nitrogen and oxygen atoms in total. The summed E-state index contributed by atoms with van der Waals surface area (Å²) < 4.78 is 27.6. The highest BCUT2D eigenvalue weighted by molar-refractivity contribution is 7.89. The lowest BCUT2D eigenvalue weighted by Crippen LogP contribution is -2.28. The fourth-order valence-corrected chi connectivity index (χ4v) is 2.76. The molecule has 2 aromatic carbocycles. The van der Waals surface area contributed by atoms with E-state index >= 15 is 0 Å². The minimum absolute atomic E-state index is 0.0123. The van der Waals surface area contributed by atoms with Gasteiger partial charge < -0.3 is 10.1 Å². The topological polar surface area (TPSA) is 98.5 Å². The second-order valence-corrected chi connectivity index (χ2v) is 7.23. The maximum absolute atomic E-state index is 11.8. The monoisotopic (exact) mass is 388 g/mol. The molecule has 0 radical (unpaired) electrons. The highest BCUT2D eigenvalue weighted by Gasteiger charge is 2.08. The Morgan fingerprint density at radius 1 is 1.12 bits per heavy atom. The van der Waals surface area contributed by atoms with E-state index in [2.05, 4.69) is 5.32 Å². The van der Waals surface area contributed by atoms with E-state index in [-0.39, 0.29) is 24.0 Å². The number of hydrogen-bond donors (Lipinski definition) is 2. The van der Waals surface area contributed by atoms with Crippen molar-refractivity contribution in [1.29, 1.82) is 0 Å². The summed E-state index contributed by atoms with van der Waals surface area (Å²) in [5.74, 6) is 0.00487. The zero-order chi connectivity index (χ0) is 17.7. The van der Waals surface area contributed by atoms with Crippen LogP contribution in [0, 0.1) is 0 Å². The van der Waals surface area contributed by atoms with E-state index in [9.17, 15) is 13.2 Å². The van der Waals surface area contributed by atoms with Gasteiger partial charge in [-0.1, -0.05) is 35.3 Å². The van der Waals surface area contributed by atoms with Gasteiger partial charge in [-0.15, -0.1) is 0 Å². The third kappa shape index (κ3) is 5.38. The van der Waals surface area contributed by atoms with Crippen molar-refractivity contribution in [2.24, 2.45) is 5.14 Å². The van der Waals surface area contributed by atoms with Crippen LogP contribution in [-0.2, 0) is 21.4 Å². The molecule has 0 spiro atoms. The van der Waals surface area contributed by atoms with Gasteiger partial charge in [-0.05, 0) is 35.9 Å². The third-order valence-electron chi connectivity index (χ3n) is 2.99. The molecule has 2 aromatic rings. The summed E-state index contributed by atoms with van der Waals surface area (Å²) in [5, 5.41) is 8.44. The number of nitrogens with one attached hydrogen (secondary N) is 1. The zero-order valence-electron chi connectivity index (χ0n) is 12.3. The molecule has 0 bridgehead atoms. The number of hydrogen-bond acceptors (Lipinski definition) is 4. The quantitative estimate of drug-likeness (QED) is 0.792. The molecule has 0 aliphatic carbocycles. The third-order valence-corrected chi connectivity index (χ3v) is 4.45. The van der Waals surface area contributed by atoms with Gasteiger partial charge in [0.15, 0.2) is 6.61 Å². The first-order valence-corrected chi connectivity index (χ1v) is 9.02. The van der Waals surface area contributed by atoms with Crippen LogP contribution in [0.25, 0.3) is 0 Å². The van der Waals surface area contributed by atoms with Gasteiger partial charge in [-0.2, -0.15) is 0 Å². The Hall–Kier alpha value is -1.80. The van der Waals surface area contributed by atoms with Gasteiger partial charge in [0.1, 0.15) is 5.75 Å². The van der Waals surface area contributed by atoms with Gasteiger partial charge in [-0.25, -0.2) is 13.6 Å². The number of primary sulfonamides is 1. The smallest absolute Gasteiger partial charge is 0.258 e. The van der Waals surface area contributed by atoms with Gasteiger partial charge in [0.2, 0.25) is 10.0 Å². The van der Waals surface area contributed by atoms with Crippen molar-refractivity contribution in [2.45, 2.75) is 11.4 Å². The summed E-state index contributed by atoms with van der Waals surface area (Å²) in [6, 6.07) is 10.6. The van der Waals surface area contributed by atoms with Crippen LogP contribution in [0.5, 0.6) is 5.75 Å². The summed E-state index contributed by atoms with van der Waals surface area (Å²) in [4.78, 5) is 11.8. The summed E-state index contributed by atoms with van der Waals surface area (Å²) in [5.41, 5.74) is 0.722. The van der Waals surface area contributed by atoms with E-state index in [1.807, 2.05) is 0 Å². The molecule has 0 aromatic heterocycles. The van der Waals surface area contributed by atoms with Gasteiger partial charge >= 0.3 is 0 Å². The highest BCUT2D eigenvalue weighted by Crippen LogP contribution is 2.27. The lowest BCUT2D eigenvalue weighted by atomic mass is 10.2. The molecule has 1 amide bonds. The SMILES string of the molecule is NS(=O)(=O)c1ccc(CNC(=O)COc2ccc(Cl)cc2Cl)cc1. The molecule has 9 heteroatoms. The molecule has 0 aliphatic rings. The summed E-state index contributed by atoms with van der Waals surface area (Å²) >= 11 is 11.7. The number of ether oxygens (including phenoxy) is 1. The number of carbonyl (C=O) groups excluding carboxylic acids is 1. The molecule has 24 heavy (non-hydrogen) atoms. The Balaban J connectivity index is 1.85. The molecule has 3 N–H and O–H groups in total. The van der Waals surface area contributed by atoms with Crippen LogP contribution in [-0.4, -0.2) is 20.9 Å². The minimum atomic E-state index is -3.73. The lowest BCUT2D eigenvalue weighted by molar-refractivity contribution is -0.123. The normalized spacial score (nSPS) is 11.1. The molecule has 2 rings (SSSR count). The number of amides is 1. The predicted octanol–water partition coefficient (Wildman–Crippen LogP) is 2.34. The van der Waals surface area contributed by atoms with E-state index in [0.29, 0.717) is 15.8 Å². The van der Waals surface area contributed by atoms with Crippen molar-refractivity contribution in [3.05, 3.63) is 58.1 Å². The molecular formula is C15H14Cl2N2O4S. The first-order valence-electron chi connectivity index (χ1n) is 6.72. The van der Waals surface area contributed by atoms with Crippen molar-refractivity contribution in [3.8, 4) is 5.75 Å². The minimum Gasteiger partial charge on any atom is -0.482 e. The lowest BCUT2D eigenvalue weighted by Gasteiger charge is -2.09. The number of benzene rings is 2. The van der Waals surface area contributed by atoms with Crippen LogP contribution in [0.15, 0.2) is 47.4 Å². The van der Waals surface area contributed by atoms with E-state index in [1.54, 1.807) is 24.3 Å². The number of rotatable bonds is 6. The molecule has 0 unspecified atom stereocenters. The standard InChI is InChI=1S/C15H14Cl2N2O4S/c16-11-3-6-14(13(17)7-11)23-9-15(20)19-8-10-1-4-12(5-2-10)24(18,21)22/h1-7H,8-9H2,(H,19,20)(H2,18,21,22). The number of carbonyl (C=O) groups is 1. The molecular weight excluding hydrogens is 375 g/mol. The highest BCUT2D eigenvalue weighted by atomic mass is 35.5. The molecule has 0 heterocycles. The molecule has 0 saturated carbocycles. The van der Waals surface area contributed by atoms with Gasteiger partial charge in [0, 0.05) is 11.6 Å². The van der Waals surface area contributed by atoms with E-state index in [0.717, 1.165) is 5.56 Å². The molecule has 0 fully saturated rings. The number of halogens is 2. The molecule has 0 saturated heterocycles. The van der Waals surface area contributed by atoms with Gasteiger partial charge in [0.25, 0.3) is 5.91 Å². The van der Waals surface area contributed by atoms with Crippen molar-refractivity contribution in [3.63, 3.8) is 0 Å². The Morgan fingerprint density at radius 2 is 1.79 bits per heavy atom. The van der Waals surface area contributed by atoms with Crippen LogP contribution in [0.4, 0.5) is 0 Å². The van der Waals surface area contributed by atoms with E-state index < -0.39 is 10.0 Å². The van der Waals surface area contributed by atoms with E-state index in [1.165, 1.54) is 18.2 Å². The van der Waals surface area contributed by atoms with Crippen molar-refractivity contribution < 1.29 is 17.9 Å². The number of nitrogens with two attached hydrogens (primary N) is 1. The van der Waals surface area contributed by atoms with Gasteiger partial charge in [0.05, 0.1) is 9.92 Å². The van der Waals surface area contributed by atoms with Crippen LogP contribution >= 0.6 is 23.2 Å². The Kier molecular flexibility index (Phi) is 6.06. The zero-order valence-corrected chi connectivity index (χ0v) is 14.7. The second-order valence-electron chi connectivity index (χ2n) is 4.83. The Morgan fingerprint density at radius 3 is 2.38 bits per heavy atom. The van der Waals surface area contributed by atoms with Crippen LogP contribution in [0.2, 0.25) is 10.0 Å². The second kappa shape index (κ2) is 7.85. The Labute approximate surface area is 149 Å². The average Bonchev–Trinajstić information content (AvgIpc) is 2.51. The first-order chi connectivity index (χ1) is 11.3. The Bertz CT molecular complexity index is 839. The van der Waals surface area contributed by atoms with Gasteiger partial charge in [-0.3, -0.25) is 4.79 Å². The largest absolute Gasteiger partial charge is 0.482 e. The molecule has 128 valence electrons. The maximum Gasteiger partial charge on any atom is 0.258 e. The fraction of sp³-hybridized carbons (Fsp3) is 0.133. The van der Waals surface area contributed by atoms with E-state index in [4.69, 9.17) is 33.1 Å². The van der Waals surface area contributed by atoms with Crippen LogP contribution < -0.4 is 15.2 Å². The number of sulfonamides is 1. The van der Waals surface area contributed by atoms with Crippen molar-refractivity contribution in [1.82, 2.24) is 5.32 Å². The molecule has 0 atom stereocenters. The summed E-state index contributed by atoms with van der Waals surface area (Å²) in [6.07, 6.45) is 0. The summed E-state index contributed by atoms with van der Waals surface area (Å²) in [6.45, 7) is 0.0120. The fourth-order valence-electron chi connectivity index (χ4n) is 1.78. The van der Waals surface area contributed by atoms with Crippen LogP contribution in [0.3, 0.4) is 0 Å². The van der Waals surface area contributed by atoms with Crippen molar-refractivity contribution in [2.75, 3.05) is 6.61 Å². The van der Waals surface area contributed by atoms with Crippen LogP contribution in [0.1, 0.15) is 5.56 Å². The molecule has 0 aliphatic heterocycles. The predicted molar refractivity (Wildman–Crippen MR) is 91.6 cm³/mol. The maximum atomic E-state index is 11.8. The average molecular weight is 389 g/mol. The summed E-state index contributed by atoms with van der Waals surface area (Å²) in [7, 11) is -3.73. The van der Waals surface area contributed by atoms with Crippen molar-refractivity contribution >= 4 is 39.1 Å².